The van der Waals surface area contributed by atoms with E-state index in [1.54, 1.807) is 6.07 Å². The zero-order valence-corrected chi connectivity index (χ0v) is 12.5. The van der Waals surface area contributed by atoms with Crippen LogP contribution in [-0.2, 0) is 0 Å². The highest BCUT2D eigenvalue weighted by molar-refractivity contribution is 5.99. The Hall–Kier alpha value is -1.55. The largest absolute Gasteiger partial charge is 0.398 e. The van der Waals surface area contributed by atoms with Crippen LogP contribution in [0, 0.1) is 12.8 Å². The van der Waals surface area contributed by atoms with Gasteiger partial charge in [-0.1, -0.05) is 18.6 Å². The third-order valence-corrected chi connectivity index (χ3v) is 4.04. The molecular formula is C16H25N3O. The van der Waals surface area contributed by atoms with E-state index in [1.807, 2.05) is 19.1 Å². The van der Waals surface area contributed by atoms with Gasteiger partial charge in [-0.15, -0.1) is 0 Å². The molecule has 0 radical (unpaired) electrons. The molecule has 20 heavy (non-hydrogen) atoms. The van der Waals surface area contributed by atoms with Crippen LogP contribution in [0.1, 0.15) is 35.7 Å². The van der Waals surface area contributed by atoms with E-state index in [9.17, 15) is 4.79 Å². The minimum absolute atomic E-state index is 0.0726. The summed E-state index contributed by atoms with van der Waals surface area (Å²) >= 11 is 0. The number of carbonyl (C=O) groups is 1. The summed E-state index contributed by atoms with van der Waals surface area (Å²) in [6.45, 7) is 8.16. The number of nitrogen functional groups attached to an aromatic ring is 1. The number of aryl methyl sites for hydroxylation is 1. The van der Waals surface area contributed by atoms with Crippen LogP contribution in [0.3, 0.4) is 0 Å². The summed E-state index contributed by atoms with van der Waals surface area (Å²) in [5, 5.41) is 2.96. The zero-order chi connectivity index (χ0) is 14.5. The number of nitrogens with one attached hydrogen (secondary N) is 1. The van der Waals surface area contributed by atoms with Crippen LogP contribution in [0.15, 0.2) is 18.2 Å². The highest BCUT2D eigenvalue weighted by Gasteiger charge is 2.15. The molecule has 1 saturated heterocycles. The lowest BCUT2D eigenvalue weighted by atomic mass is 9.99. The molecular weight excluding hydrogens is 250 g/mol. The van der Waals surface area contributed by atoms with E-state index in [0.29, 0.717) is 17.8 Å². The lowest BCUT2D eigenvalue weighted by Gasteiger charge is -2.30. The van der Waals surface area contributed by atoms with Crippen molar-refractivity contribution in [2.45, 2.75) is 26.7 Å². The van der Waals surface area contributed by atoms with Gasteiger partial charge >= 0.3 is 0 Å². The number of hydrogen-bond donors (Lipinski definition) is 2. The van der Waals surface area contributed by atoms with Gasteiger partial charge in [0, 0.05) is 18.8 Å². The molecule has 110 valence electrons. The summed E-state index contributed by atoms with van der Waals surface area (Å²) in [5.74, 6) is 0.768. The van der Waals surface area contributed by atoms with Gasteiger partial charge in [-0.05, 0) is 50.9 Å². The van der Waals surface area contributed by atoms with Crippen LogP contribution in [0.5, 0.6) is 0 Å². The van der Waals surface area contributed by atoms with Gasteiger partial charge in [0.05, 0.1) is 5.56 Å². The fraction of sp³-hybridized carbons (Fsp3) is 0.562. The molecule has 0 aliphatic carbocycles. The Labute approximate surface area is 121 Å². The maximum Gasteiger partial charge on any atom is 0.253 e. The molecule has 1 aliphatic heterocycles. The smallest absolute Gasteiger partial charge is 0.253 e. The monoisotopic (exact) mass is 275 g/mol. The van der Waals surface area contributed by atoms with E-state index in [-0.39, 0.29) is 5.91 Å². The quantitative estimate of drug-likeness (QED) is 0.827. The van der Waals surface area contributed by atoms with Crippen LogP contribution in [0.2, 0.25) is 0 Å². The molecule has 3 N–H and O–H groups in total. The number of hydrogen-bond acceptors (Lipinski definition) is 3. The summed E-state index contributed by atoms with van der Waals surface area (Å²) in [6.07, 6.45) is 2.53. The predicted molar refractivity (Wildman–Crippen MR) is 82.8 cm³/mol. The van der Waals surface area contributed by atoms with Gasteiger partial charge in [-0.25, -0.2) is 0 Å². The first-order valence-corrected chi connectivity index (χ1v) is 7.43. The van der Waals surface area contributed by atoms with Crippen molar-refractivity contribution in [1.82, 2.24) is 10.2 Å². The van der Waals surface area contributed by atoms with Crippen molar-refractivity contribution >= 4 is 11.6 Å². The van der Waals surface area contributed by atoms with Gasteiger partial charge in [0.1, 0.15) is 0 Å². The van der Waals surface area contributed by atoms with Gasteiger partial charge in [0.15, 0.2) is 0 Å². The molecule has 2 rings (SSSR count). The number of likely N-dealkylation sites (tertiary alicyclic amines) is 1. The number of benzene rings is 1. The van der Waals surface area contributed by atoms with Gasteiger partial charge in [-0.2, -0.15) is 0 Å². The molecule has 0 unspecified atom stereocenters. The second-order valence-electron chi connectivity index (χ2n) is 5.87. The average molecular weight is 275 g/mol. The maximum atomic E-state index is 12.1. The van der Waals surface area contributed by atoms with Gasteiger partial charge < -0.3 is 16.0 Å². The van der Waals surface area contributed by atoms with Crippen molar-refractivity contribution < 1.29 is 4.79 Å². The normalized spacial score (nSPS) is 17.1. The van der Waals surface area contributed by atoms with E-state index in [2.05, 4.69) is 17.1 Å². The Balaban J connectivity index is 1.79. The van der Waals surface area contributed by atoms with E-state index in [4.69, 9.17) is 5.73 Å². The van der Waals surface area contributed by atoms with Crippen molar-refractivity contribution in [2.75, 3.05) is 31.9 Å². The lowest BCUT2D eigenvalue weighted by molar-refractivity contribution is 0.0945. The van der Waals surface area contributed by atoms with E-state index in [1.165, 1.54) is 12.8 Å². The Morgan fingerprint density at radius 2 is 2.10 bits per heavy atom. The molecule has 4 nitrogen and oxygen atoms in total. The van der Waals surface area contributed by atoms with Crippen LogP contribution < -0.4 is 11.1 Å². The second-order valence-corrected chi connectivity index (χ2v) is 5.87. The first-order chi connectivity index (χ1) is 9.56. The molecule has 4 heteroatoms. The van der Waals surface area contributed by atoms with Crippen LogP contribution >= 0.6 is 0 Å². The fourth-order valence-electron chi connectivity index (χ4n) is 2.58. The highest BCUT2D eigenvalue weighted by Crippen LogP contribution is 2.15. The molecule has 1 aromatic rings. The summed E-state index contributed by atoms with van der Waals surface area (Å²) in [5.41, 5.74) is 8.02. The Bertz CT molecular complexity index is 465. The van der Waals surface area contributed by atoms with Crippen molar-refractivity contribution in [1.29, 1.82) is 0 Å². The Morgan fingerprint density at radius 3 is 2.80 bits per heavy atom. The third kappa shape index (κ3) is 3.97. The van der Waals surface area contributed by atoms with Crippen LogP contribution in [0.25, 0.3) is 0 Å². The van der Waals surface area contributed by atoms with Crippen molar-refractivity contribution in [3.63, 3.8) is 0 Å². The van der Waals surface area contributed by atoms with Crippen molar-refractivity contribution in [3.05, 3.63) is 29.3 Å². The first-order valence-electron chi connectivity index (χ1n) is 7.43. The number of amides is 1. The van der Waals surface area contributed by atoms with Gasteiger partial charge in [-0.3, -0.25) is 4.79 Å². The topological polar surface area (TPSA) is 58.4 Å². The molecule has 1 amide bonds. The number of piperidine rings is 1. The molecule has 1 fully saturated rings. The zero-order valence-electron chi connectivity index (χ0n) is 12.5. The number of rotatable bonds is 4. The van der Waals surface area contributed by atoms with Gasteiger partial charge in [0.2, 0.25) is 0 Å². The highest BCUT2D eigenvalue weighted by atomic mass is 16.1. The minimum Gasteiger partial charge on any atom is -0.398 e. The first kappa shape index (κ1) is 14.9. The summed E-state index contributed by atoms with van der Waals surface area (Å²) < 4.78 is 0. The molecule has 0 aromatic heterocycles. The van der Waals surface area contributed by atoms with Crippen LogP contribution in [-0.4, -0.2) is 37.0 Å². The summed E-state index contributed by atoms with van der Waals surface area (Å²) in [4.78, 5) is 14.5. The summed E-state index contributed by atoms with van der Waals surface area (Å²) in [6, 6.07) is 5.55. The Morgan fingerprint density at radius 1 is 1.40 bits per heavy atom. The van der Waals surface area contributed by atoms with E-state index in [0.717, 1.165) is 31.1 Å². The molecule has 0 saturated carbocycles. The lowest BCUT2D eigenvalue weighted by Crippen LogP contribution is -2.39. The molecule has 0 atom stereocenters. The third-order valence-electron chi connectivity index (χ3n) is 4.04. The van der Waals surface area contributed by atoms with E-state index >= 15 is 0 Å². The number of nitrogens with two attached hydrogens (primary N) is 1. The fourth-order valence-corrected chi connectivity index (χ4v) is 2.58. The second kappa shape index (κ2) is 6.75. The van der Waals surface area contributed by atoms with Crippen molar-refractivity contribution in [3.8, 4) is 0 Å². The molecule has 1 aliphatic rings. The average Bonchev–Trinajstić information content (AvgIpc) is 2.43. The predicted octanol–water partition coefficient (Wildman–Crippen LogP) is 2.04. The molecule has 0 bridgehead atoms. The number of carbonyl (C=O) groups excluding carboxylic acids is 1. The molecule has 0 spiro atoms. The minimum atomic E-state index is -0.0726. The maximum absolute atomic E-state index is 12.1. The summed E-state index contributed by atoms with van der Waals surface area (Å²) in [7, 11) is 0. The van der Waals surface area contributed by atoms with Crippen molar-refractivity contribution in [2.24, 2.45) is 5.92 Å². The standard InChI is InChI=1S/C16H25N3O/c1-12-5-8-19(9-6-12)10-7-18-16(20)14-11-13(2)3-4-15(14)17/h3-4,11-12H,5-10,17H2,1-2H3,(H,18,20). The SMILES string of the molecule is Cc1ccc(N)c(C(=O)NCCN2CCC(C)CC2)c1. The number of nitrogens with zero attached hydrogens (tertiary/aromatic N) is 1. The molecule has 1 aromatic carbocycles. The van der Waals surface area contributed by atoms with E-state index < -0.39 is 0 Å². The van der Waals surface area contributed by atoms with Gasteiger partial charge in [0.25, 0.3) is 5.91 Å². The number of anilines is 1. The van der Waals surface area contributed by atoms with Crippen LogP contribution in [0.4, 0.5) is 5.69 Å². The molecule has 1 heterocycles. The Kier molecular flexibility index (Phi) is 5.01.